The number of hydrogen-bond donors (Lipinski definition) is 0. The molecule has 0 unspecified atom stereocenters. The summed E-state index contributed by atoms with van der Waals surface area (Å²) < 4.78 is 0. The van der Waals surface area contributed by atoms with E-state index in [1.165, 1.54) is 0 Å². The van der Waals surface area contributed by atoms with E-state index < -0.39 is 0 Å². The maximum Gasteiger partial charge on any atom is 0 e. The monoisotopic (exact) mass is 454 g/mol. The molecule has 0 aliphatic rings. The second-order valence-electron chi connectivity index (χ2n) is 0. The molecule has 0 heterocycles. The molecule has 0 aromatic heterocycles. The molecule has 4 heteroatoms. The van der Waals surface area contributed by atoms with Gasteiger partial charge in [-0.1, -0.05) is 0 Å². The van der Waals surface area contributed by atoms with Crippen LogP contribution in [0.3, 0.4) is 0 Å². The first-order chi connectivity index (χ1) is 0. The van der Waals surface area contributed by atoms with Gasteiger partial charge in [-0.3, -0.25) is 0 Å². The van der Waals surface area contributed by atoms with Crippen LogP contribution in [0.1, 0.15) is 0 Å². The van der Waals surface area contributed by atoms with E-state index in [1.54, 1.807) is 0 Å². The van der Waals surface area contributed by atoms with Crippen LogP contribution in [-0.4, -0.2) is 117 Å². The molecular weight excluding hydrogens is 444 g/mol. The Labute approximate surface area is 114 Å². The van der Waals surface area contributed by atoms with Crippen LogP contribution in [-0.2, 0) is 0 Å². The fraction of sp³-hybridized carbons (Fsp3) is 0. The molecule has 20 valence electrons. The van der Waals surface area contributed by atoms with Gasteiger partial charge in [0.1, 0.15) is 0 Å². The van der Waals surface area contributed by atoms with E-state index in [4.69, 9.17) is 0 Å². The van der Waals surface area contributed by atoms with Crippen molar-refractivity contribution >= 4 is 117 Å². The van der Waals surface area contributed by atoms with E-state index >= 15 is 0 Å². The molecule has 0 N–H and O–H groups in total. The Morgan fingerprint density at radius 2 is 0.500 bits per heavy atom. The van der Waals surface area contributed by atoms with E-state index in [9.17, 15) is 0 Å². The molecule has 0 rings (SSSR count). The quantitative estimate of drug-likeness (QED) is 0.343. The average molecular weight is 450 g/mol. The Kier molecular flexibility index (Phi) is 97.9. The number of rotatable bonds is 0. The molecule has 0 aliphatic heterocycles. The van der Waals surface area contributed by atoms with E-state index in [-0.39, 0.29) is 117 Å². The topological polar surface area (TPSA) is 0 Å². The van der Waals surface area contributed by atoms with E-state index in [0.29, 0.717) is 0 Å². The van der Waals surface area contributed by atoms with Gasteiger partial charge in [0.05, 0.1) is 0 Å². The molecule has 8 radical (unpaired) electrons. The third kappa shape index (κ3) is 9.30. The van der Waals surface area contributed by atoms with Crippen LogP contribution in [0.5, 0.6) is 0 Å². The van der Waals surface area contributed by atoms with Crippen LogP contribution in [0, 0.1) is 0 Å². The summed E-state index contributed by atoms with van der Waals surface area (Å²) in [7, 11) is 0. The van der Waals surface area contributed by atoms with Gasteiger partial charge >= 0.3 is 71.7 Å². The summed E-state index contributed by atoms with van der Waals surface area (Å²) in [5, 5.41) is 0. The molecule has 0 aromatic carbocycles. The fourth-order valence-corrected chi connectivity index (χ4v) is 0. The van der Waals surface area contributed by atoms with Crippen LogP contribution in [0.2, 0.25) is 0 Å². The summed E-state index contributed by atoms with van der Waals surface area (Å²) in [6.45, 7) is 0. The van der Waals surface area contributed by atoms with E-state index in [0.717, 1.165) is 0 Å². The van der Waals surface area contributed by atoms with Crippen molar-refractivity contribution in [1.82, 2.24) is 0 Å². The Hall–Kier alpha value is 3.88. The van der Waals surface area contributed by atoms with Crippen molar-refractivity contribution in [3.63, 3.8) is 0 Å². The first-order valence-electron chi connectivity index (χ1n) is 0. The maximum atomic E-state index is 0. The van der Waals surface area contributed by atoms with Gasteiger partial charge in [0.2, 0.25) is 0 Å². The largest absolute Gasteiger partial charge is 0 e. The Morgan fingerprint density at radius 1 is 0.500 bits per heavy atom. The summed E-state index contributed by atoms with van der Waals surface area (Å²) in [6, 6.07) is 0. The van der Waals surface area contributed by atoms with Gasteiger partial charge in [0.15, 0.2) is 0 Å². The van der Waals surface area contributed by atoms with Crippen molar-refractivity contribution in [3.05, 3.63) is 0 Å². The van der Waals surface area contributed by atoms with Gasteiger partial charge in [-0.15, -0.1) is 0 Å². The SMILES string of the molecule is [SnH2].[SnH2].[SnH2].[Sr]. The van der Waals surface area contributed by atoms with Crippen molar-refractivity contribution in [3.8, 4) is 0 Å². The first-order valence-corrected chi connectivity index (χ1v) is 0. The summed E-state index contributed by atoms with van der Waals surface area (Å²) in [5.74, 6) is 0. The Morgan fingerprint density at radius 3 is 0.500 bits per heavy atom. The molecule has 0 aromatic rings. The van der Waals surface area contributed by atoms with Gasteiger partial charge in [-0.05, 0) is 0 Å². The van der Waals surface area contributed by atoms with E-state index in [1.807, 2.05) is 0 Å². The predicted octanol–water partition coefficient (Wildman–Crippen LogP) is -3.13. The summed E-state index contributed by atoms with van der Waals surface area (Å²) in [5.41, 5.74) is 0. The van der Waals surface area contributed by atoms with Gasteiger partial charge in [0, 0.05) is 45.5 Å². The average Bonchev–Trinajstić information content (AvgIpc) is 0. The zero-order chi connectivity index (χ0) is 0. The van der Waals surface area contributed by atoms with Crippen LogP contribution < -0.4 is 0 Å². The van der Waals surface area contributed by atoms with Gasteiger partial charge < -0.3 is 0 Å². The molecule has 0 bridgehead atoms. The minimum absolute atomic E-state index is 0. The second-order valence-corrected chi connectivity index (χ2v) is 0. The molecule has 0 saturated carbocycles. The smallest absolute Gasteiger partial charge is 0 e. The summed E-state index contributed by atoms with van der Waals surface area (Å²) >= 11 is 0. The second kappa shape index (κ2) is 15.8. The van der Waals surface area contributed by atoms with Gasteiger partial charge in [0.25, 0.3) is 0 Å². The zero-order valence-electron chi connectivity index (χ0n) is 2.83. The van der Waals surface area contributed by atoms with Gasteiger partial charge in [-0.2, -0.15) is 0 Å². The molecule has 0 aliphatic carbocycles. The van der Waals surface area contributed by atoms with Crippen LogP contribution in [0.15, 0.2) is 0 Å². The molecule has 0 fully saturated rings. The van der Waals surface area contributed by atoms with Crippen molar-refractivity contribution in [2.24, 2.45) is 0 Å². The van der Waals surface area contributed by atoms with Crippen LogP contribution in [0.4, 0.5) is 0 Å². The molecule has 0 saturated heterocycles. The molecule has 0 amide bonds. The third-order valence-corrected chi connectivity index (χ3v) is 0. The minimum atomic E-state index is 0. The molecule has 4 heavy (non-hydrogen) atoms. The molecule has 0 nitrogen and oxygen atoms in total. The third-order valence-electron chi connectivity index (χ3n) is 0. The summed E-state index contributed by atoms with van der Waals surface area (Å²) in [4.78, 5) is 0. The molecule has 0 spiro atoms. The van der Waals surface area contributed by atoms with Crippen molar-refractivity contribution in [1.29, 1.82) is 0 Å². The Balaban J connectivity index is 0. The van der Waals surface area contributed by atoms with E-state index in [2.05, 4.69) is 0 Å². The van der Waals surface area contributed by atoms with Crippen molar-refractivity contribution in [2.45, 2.75) is 0 Å². The van der Waals surface area contributed by atoms with Gasteiger partial charge in [-0.25, -0.2) is 0 Å². The van der Waals surface area contributed by atoms with Crippen LogP contribution in [0.25, 0.3) is 0 Å². The Bertz CT molecular complexity index is 3.25. The maximum absolute atomic E-state index is 0. The van der Waals surface area contributed by atoms with Crippen molar-refractivity contribution < 1.29 is 0 Å². The zero-order valence-corrected chi connectivity index (χ0v) is 18.4. The predicted molar refractivity (Wildman–Crippen MR) is 31.4 cm³/mol. The minimum Gasteiger partial charge on any atom is 0 e. The standard InChI is InChI=1S/3Sn.Sr.6H. The molecule has 0 atom stereocenters. The normalized spacial score (nSPS) is 0. The van der Waals surface area contributed by atoms with Crippen LogP contribution >= 0.6 is 0 Å². The fourth-order valence-electron chi connectivity index (χ4n) is 0. The first kappa shape index (κ1) is 24.8. The van der Waals surface area contributed by atoms with Crippen molar-refractivity contribution in [2.75, 3.05) is 0 Å². The molecular formula is H6Sn3Sr. The summed E-state index contributed by atoms with van der Waals surface area (Å²) in [6.07, 6.45) is 0. The number of hydrogen-bond acceptors (Lipinski definition) is 0.